The summed E-state index contributed by atoms with van der Waals surface area (Å²) in [5.74, 6) is 0.859. The number of urea groups is 1. The fourth-order valence-corrected chi connectivity index (χ4v) is 2.51. The molecule has 0 aliphatic rings. The Balaban J connectivity index is 1.47. The smallest absolute Gasteiger partial charge is 0.314 e. The predicted octanol–water partition coefficient (Wildman–Crippen LogP) is 3.06. The van der Waals surface area contributed by atoms with Crippen LogP contribution in [0.3, 0.4) is 0 Å². The number of amides is 2. The fraction of sp³-hybridized carbons (Fsp3) is 0.312. The molecule has 1 aromatic heterocycles. The van der Waals surface area contributed by atoms with Crippen molar-refractivity contribution in [3.63, 3.8) is 0 Å². The minimum Gasteiger partial charge on any atom is -0.494 e. The lowest BCUT2D eigenvalue weighted by Gasteiger charge is -2.08. The van der Waals surface area contributed by atoms with Crippen LogP contribution in [-0.4, -0.2) is 25.7 Å². The van der Waals surface area contributed by atoms with E-state index in [2.05, 4.69) is 16.7 Å². The first-order valence-corrected chi connectivity index (χ1v) is 7.94. The standard InChI is InChI=1S/C16H20N2O2S/c19-16(18-11-9-15-8-4-13-21-15)17-10-5-12-20-14-6-2-1-3-7-14/h1-4,6-8,13H,5,9-12H2,(H2,17,18,19). The van der Waals surface area contributed by atoms with Gasteiger partial charge in [0.15, 0.2) is 0 Å². The van der Waals surface area contributed by atoms with Crippen molar-refractivity contribution in [2.24, 2.45) is 0 Å². The summed E-state index contributed by atoms with van der Waals surface area (Å²) in [4.78, 5) is 12.8. The minimum atomic E-state index is -0.119. The highest BCUT2D eigenvalue weighted by molar-refractivity contribution is 7.09. The summed E-state index contributed by atoms with van der Waals surface area (Å²) in [5, 5.41) is 7.71. The zero-order chi connectivity index (χ0) is 14.8. The van der Waals surface area contributed by atoms with Gasteiger partial charge < -0.3 is 15.4 Å². The second kappa shape index (κ2) is 9.02. The molecular formula is C16H20N2O2S. The molecule has 2 N–H and O–H groups in total. The van der Waals surface area contributed by atoms with E-state index in [0.29, 0.717) is 19.7 Å². The molecule has 2 amide bonds. The number of para-hydroxylation sites is 1. The van der Waals surface area contributed by atoms with E-state index in [4.69, 9.17) is 4.74 Å². The highest BCUT2D eigenvalue weighted by Gasteiger charge is 2.00. The molecule has 0 atom stereocenters. The molecule has 21 heavy (non-hydrogen) atoms. The molecular weight excluding hydrogens is 284 g/mol. The molecule has 0 radical (unpaired) electrons. The van der Waals surface area contributed by atoms with Crippen LogP contribution in [-0.2, 0) is 6.42 Å². The normalized spacial score (nSPS) is 10.1. The van der Waals surface area contributed by atoms with Crippen molar-refractivity contribution in [1.29, 1.82) is 0 Å². The zero-order valence-electron chi connectivity index (χ0n) is 11.9. The highest BCUT2D eigenvalue weighted by atomic mass is 32.1. The van der Waals surface area contributed by atoms with Crippen molar-refractivity contribution in [3.05, 3.63) is 52.7 Å². The van der Waals surface area contributed by atoms with E-state index in [0.717, 1.165) is 18.6 Å². The Bertz CT molecular complexity index is 514. The number of benzene rings is 1. The Hall–Kier alpha value is -2.01. The summed E-state index contributed by atoms with van der Waals surface area (Å²) in [6.07, 6.45) is 1.66. The van der Waals surface area contributed by atoms with Gasteiger partial charge in [-0.25, -0.2) is 4.79 Å². The maximum atomic E-state index is 11.5. The van der Waals surface area contributed by atoms with Gasteiger partial charge in [-0.15, -0.1) is 11.3 Å². The minimum absolute atomic E-state index is 0.119. The van der Waals surface area contributed by atoms with Crippen molar-refractivity contribution in [1.82, 2.24) is 10.6 Å². The highest BCUT2D eigenvalue weighted by Crippen LogP contribution is 2.08. The number of hydrogen-bond donors (Lipinski definition) is 2. The summed E-state index contributed by atoms with van der Waals surface area (Å²) < 4.78 is 5.55. The summed E-state index contributed by atoms with van der Waals surface area (Å²) in [6, 6.07) is 13.7. The van der Waals surface area contributed by atoms with Gasteiger partial charge in [0.2, 0.25) is 0 Å². The van der Waals surface area contributed by atoms with E-state index in [-0.39, 0.29) is 6.03 Å². The molecule has 0 bridgehead atoms. The monoisotopic (exact) mass is 304 g/mol. The van der Waals surface area contributed by atoms with E-state index in [9.17, 15) is 4.79 Å². The zero-order valence-corrected chi connectivity index (χ0v) is 12.7. The van der Waals surface area contributed by atoms with Gasteiger partial charge in [0.25, 0.3) is 0 Å². The number of carbonyl (C=O) groups excluding carboxylic acids is 1. The number of carbonyl (C=O) groups is 1. The van der Waals surface area contributed by atoms with Gasteiger partial charge in [0, 0.05) is 18.0 Å². The van der Waals surface area contributed by atoms with Gasteiger partial charge in [-0.2, -0.15) is 0 Å². The first-order valence-electron chi connectivity index (χ1n) is 7.06. The van der Waals surface area contributed by atoms with E-state index < -0.39 is 0 Å². The second-order valence-electron chi connectivity index (χ2n) is 4.53. The lowest BCUT2D eigenvalue weighted by molar-refractivity contribution is 0.239. The van der Waals surface area contributed by atoms with Crippen LogP contribution in [0.4, 0.5) is 4.79 Å². The fourth-order valence-electron chi connectivity index (χ4n) is 1.80. The van der Waals surface area contributed by atoms with E-state index >= 15 is 0 Å². The summed E-state index contributed by atoms with van der Waals surface area (Å²) in [6.45, 7) is 1.87. The van der Waals surface area contributed by atoms with E-state index in [1.807, 2.05) is 41.8 Å². The summed E-state index contributed by atoms with van der Waals surface area (Å²) in [7, 11) is 0. The average molecular weight is 304 g/mol. The van der Waals surface area contributed by atoms with Gasteiger partial charge in [-0.3, -0.25) is 0 Å². The Morgan fingerprint density at radius 3 is 2.62 bits per heavy atom. The van der Waals surface area contributed by atoms with E-state index in [1.165, 1.54) is 4.88 Å². The Kier molecular flexibility index (Phi) is 6.61. The van der Waals surface area contributed by atoms with Crippen LogP contribution in [0.1, 0.15) is 11.3 Å². The van der Waals surface area contributed by atoms with Crippen molar-refractivity contribution in [2.45, 2.75) is 12.8 Å². The molecule has 1 aromatic carbocycles. The third-order valence-corrected chi connectivity index (χ3v) is 3.79. The van der Waals surface area contributed by atoms with Crippen molar-refractivity contribution >= 4 is 17.4 Å². The number of rotatable bonds is 8. The van der Waals surface area contributed by atoms with Gasteiger partial charge in [-0.1, -0.05) is 24.3 Å². The third-order valence-electron chi connectivity index (χ3n) is 2.86. The number of hydrogen-bond acceptors (Lipinski definition) is 3. The molecule has 1 heterocycles. The molecule has 0 spiro atoms. The predicted molar refractivity (Wildman–Crippen MR) is 86.0 cm³/mol. The molecule has 0 saturated heterocycles. The maximum Gasteiger partial charge on any atom is 0.314 e. The molecule has 4 nitrogen and oxygen atoms in total. The molecule has 0 saturated carbocycles. The quantitative estimate of drug-likeness (QED) is 0.736. The number of ether oxygens (including phenoxy) is 1. The van der Waals surface area contributed by atoms with Crippen molar-refractivity contribution in [2.75, 3.05) is 19.7 Å². The first-order chi connectivity index (χ1) is 10.3. The van der Waals surface area contributed by atoms with Crippen molar-refractivity contribution in [3.8, 4) is 5.75 Å². The summed E-state index contributed by atoms with van der Waals surface area (Å²) >= 11 is 1.71. The van der Waals surface area contributed by atoms with Crippen LogP contribution < -0.4 is 15.4 Å². The third kappa shape index (κ3) is 6.31. The maximum absolute atomic E-state index is 11.5. The summed E-state index contributed by atoms with van der Waals surface area (Å²) in [5.41, 5.74) is 0. The molecule has 2 aromatic rings. The van der Waals surface area contributed by atoms with Crippen LogP contribution in [0.5, 0.6) is 5.75 Å². The Morgan fingerprint density at radius 2 is 1.86 bits per heavy atom. The molecule has 0 aliphatic carbocycles. The molecule has 0 unspecified atom stereocenters. The Labute approximate surface area is 129 Å². The lowest BCUT2D eigenvalue weighted by Crippen LogP contribution is -2.37. The van der Waals surface area contributed by atoms with Crippen LogP contribution in [0.25, 0.3) is 0 Å². The Morgan fingerprint density at radius 1 is 1.05 bits per heavy atom. The molecule has 5 heteroatoms. The number of thiophene rings is 1. The molecule has 2 rings (SSSR count). The molecule has 0 aliphatic heterocycles. The number of nitrogens with one attached hydrogen (secondary N) is 2. The first kappa shape index (κ1) is 15.4. The second-order valence-corrected chi connectivity index (χ2v) is 5.56. The van der Waals surface area contributed by atoms with Gasteiger partial charge in [-0.05, 0) is 36.4 Å². The van der Waals surface area contributed by atoms with Gasteiger partial charge in [0.1, 0.15) is 5.75 Å². The molecule has 0 fully saturated rings. The largest absolute Gasteiger partial charge is 0.494 e. The van der Waals surface area contributed by atoms with Gasteiger partial charge in [0.05, 0.1) is 6.61 Å². The van der Waals surface area contributed by atoms with Gasteiger partial charge >= 0.3 is 6.03 Å². The lowest BCUT2D eigenvalue weighted by atomic mass is 10.3. The van der Waals surface area contributed by atoms with Crippen LogP contribution in [0.15, 0.2) is 47.8 Å². The van der Waals surface area contributed by atoms with Crippen LogP contribution >= 0.6 is 11.3 Å². The molecule has 112 valence electrons. The van der Waals surface area contributed by atoms with Crippen LogP contribution in [0, 0.1) is 0 Å². The van der Waals surface area contributed by atoms with Crippen molar-refractivity contribution < 1.29 is 9.53 Å². The van der Waals surface area contributed by atoms with E-state index in [1.54, 1.807) is 11.3 Å². The topological polar surface area (TPSA) is 50.4 Å². The average Bonchev–Trinajstić information content (AvgIpc) is 3.01. The SMILES string of the molecule is O=C(NCCCOc1ccccc1)NCCc1cccs1. The van der Waals surface area contributed by atoms with Crippen LogP contribution in [0.2, 0.25) is 0 Å².